The summed E-state index contributed by atoms with van der Waals surface area (Å²) >= 11 is 0. The summed E-state index contributed by atoms with van der Waals surface area (Å²) in [7, 11) is 0. The van der Waals surface area contributed by atoms with Gasteiger partial charge in [-0.15, -0.1) is 0 Å². The molecule has 0 saturated carbocycles. The number of fused-ring (bicyclic) bond motifs is 1. The van der Waals surface area contributed by atoms with E-state index in [1.165, 1.54) is 16.7 Å². The van der Waals surface area contributed by atoms with Crippen molar-refractivity contribution in [2.75, 3.05) is 0 Å². The van der Waals surface area contributed by atoms with Gasteiger partial charge in [-0.3, -0.25) is 14.4 Å². The standard InChI is InChI=1S/C23H15F4N3O3/c24-15-3-1-4-16(25)12(15)9-28-23(33)14-11-30(10-13-17(26)5-2-6-18(13)27)19-7-8-20(31)29-21(19)22(14)32/h1-8,11H,9-10H2,(H,28,33)(H,29,31). The van der Waals surface area contributed by atoms with E-state index in [4.69, 9.17) is 0 Å². The van der Waals surface area contributed by atoms with E-state index in [0.717, 1.165) is 42.6 Å². The number of halogens is 4. The molecular weight excluding hydrogens is 442 g/mol. The molecule has 0 unspecified atom stereocenters. The lowest BCUT2D eigenvalue weighted by Crippen LogP contribution is -2.31. The Bertz CT molecular complexity index is 1470. The van der Waals surface area contributed by atoms with Gasteiger partial charge in [0.1, 0.15) is 34.3 Å². The number of pyridine rings is 2. The van der Waals surface area contributed by atoms with Crippen LogP contribution in [0, 0.1) is 23.3 Å². The topological polar surface area (TPSA) is 84.0 Å². The Labute approximate surface area is 183 Å². The van der Waals surface area contributed by atoms with Gasteiger partial charge < -0.3 is 14.9 Å². The molecule has 33 heavy (non-hydrogen) atoms. The van der Waals surface area contributed by atoms with Gasteiger partial charge >= 0.3 is 0 Å². The van der Waals surface area contributed by atoms with Crippen LogP contribution in [-0.2, 0) is 13.1 Å². The number of hydrogen-bond donors (Lipinski definition) is 2. The highest BCUT2D eigenvalue weighted by Crippen LogP contribution is 2.17. The Morgan fingerprint density at radius 3 is 2.03 bits per heavy atom. The number of nitrogens with zero attached hydrogens (tertiary/aromatic N) is 1. The van der Waals surface area contributed by atoms with Gasteiger partial charge in [-0.25, -0.2) is 17.6 Å². The number of carbonyl (C=O) groups is 1. The summed E-state index contributed by atoms with van der Waals surface area (Å²) in [6.45, 7) is -0.953. The molecule has 2 N–H and O–H groups in total. The molecule has 0 bridgehead atoms. The first-order chi connectivity index (χ1) is 15.8. The van der Waals surface area contributed by atoms with Crippen LogP contribution in [0.15, 0.2) is 64.3 Å². The Morgan fingerprint density at radius 1 is 0.848 bits per heavy atom. The van der Waals surface area contributed by atoms with Gasteiger partial charge in [0.25, 0.3) is 5.91 Å². The Balaban J connectivity index is 1.78. The minimum absolute atomic E-state index is 0.124. The summed E-state index contributed by atoms with van der Waals surface area (Å²) in [5.74, 6) is -4.44. The molecule has 2 aromatic carbocycles. The molecule has 2 heterocycles. The first-order valence-corrected chi connectivity index (χ1v) is 9.66. The van der Waals surface area contributed by atoms with Crippen molar-refractivity contribution in [2.45, 2.75) is 13.1 Å². The quantitative estimate of drug-likeness (QED) is 0.452. The lowest BCUT2D eigenvalue weighted by molar-refractivity contribution is 0.0948. The van der Waals surface area contributed by atoms with Crippen molar-refractivity contribution in [1.82, 2.24) is 14.9 Å². The van der Waals surface area contributed by atoms with E-state index in [2.05, 4.69) is 10.3 Å². The summed E-state index contributed by atoms with van der Waals surface area (Å²) < 4.78 is 57.3. The van der Waals surface area contributed by atoms with E-state index in [0.29, 0.717) is 0 Å². The Kier molecular flexibility index (Phi) is 5.82. The number of rotatable bonds is 5. The van der Waals surface area contributed by atoms with Gasteiger partial charge in [-0.1, -0.05) is 12.1 Å². The summed E-state index contributed by atoms with van der Waals surface area (Å²) in [5, 5.41) is 2.26. The highest BCUT2D eigenvalue weighted by atomic mass is 19.1. The van der Waals surface area contributed by atoms with E-state index in [-0.39, 0.29) is 16.6 Å². The molecular formula is C23H15F4N3O3. The number of carbonyl (C=O) groups excluding carboxylic acids is 1. The van der Waals surface area contributed by atoms with Gasteiger partial charge in [0.05, 0.1) is 12.1 Å². The van der Waals surface area contributed by atoms with Crippen molar-refractivity contribution in [3.05, 3.63) is 115 Å². The van der Waals surface area contributed by atoms with Crippen molar-refractivity contribution in [1.29, 1.82) is 0 Å². The lowest BCUT2D eigenvalue weighted by Gasteiger charge is -2.14. The summed E-state index contributed by atoms with van der Waals surface area (Å²) in [4.78, 5) is 39.7. The van der Waals surface area contributed by atoms with Gasteiger partial charge in [0, 0.05) is 29.9 Å². The predicted molar refractivity (Wildman–Crippen MR) is 112 cm³/mol. The van der Waals surface area contributed by atoms with Crippen LogP contribution >= 0.6 is 0 Å². The van der Waals surface area contributed by atoms with Crippen LogP contribution in [0.5, 0.6) is 0 Å². The fourth-order valence-corrected chi connectivity index (χ4v) is 3.41. The molecule has 168 valence electrons. The second-order valence-corrected chi connectivity index (χ2v) is 7.17. The molecule has 0 aliphatic rings. The molecule has 10 heteroatoms. The molecule has 4 rings (SSSR count). The summed E-state index contributed by atoms with van der Waals surface area (Å²) in [5.41, 5.74) is -2.85. The van der Waals surface area contributed by atoms with Gasteiger partial charge in [-0.2, -0.15) is 0 Å². The van der Waals surface area contributed by atoms with Crippen LogP contribution in [0.4, 0.5) is 17.6 Å². The van der Waals surface area contributed by atoms with Crippen LogP contribution in [-0.4, -0.2) is 15.5 Å². The third kappa shape index (κ3) is 4.27. The van der Waals surface area contributed by atoms with E-state index >= 15 is 0 Å². The number of amides is 1. The number of benzene rings is 2. The van der Waals surface area contributed by atoms with E-state index in [9.17, 15) is 31.9 Å². The number of aromatic nitrogens is 2. The molecule has 4 aromatic rings. The first kappa shape index (κ1) is 22.0. The second kappa shape index (κ2) is 8.73. The maximum atomic E-state index is 14.2. The van der Waals surface area contributed by atoms with Crippen molar-refractivity contribution in [3.63, 3.8) is 0 Å². The van der Waals surface area contributed by atoms with E-state index in [1.54, 1.807) is 0 Å². The monoisotopic (exact) mass is 457 g/mol. The average Bonchev–Trinajstić information content (AvgIpc) is 2.77. The minimum atomic E-state index is -0.989. The maximum absolute atomic E-state index is 14.2. The largest absolute Gasteiger partial charge is 0.348 e. The predicted octanol–water partition coefficient (Wildman–Crippen LogP) is 3.22. The zero-order chi connectivity index (χ0) is 23.7. The Morgan fingerprint density at radius 2 is 1.42 bits per heavy atom. The highest BCUT2D eigenvalue weighted by molar-refractivity contribution is 5.96. The molecule has 6 nitrogen and oxygen atoms in total. The molecule has 0 spiro atoms. The van der Waals surface area contributed by atoms with Crippen molar-refractivity contribution < 1.29 is 22.4 Å². The van der Waals surface area contributed by atoms with Gasteiger partial charge in [0.2, 0.25) is 11.0 Å². The van der Waals surface area contributed by atoms with Crippen LogP contribution in [0.25, 0.3) is 11.0 Å². The number of hydrogen-bond acceptors (Lipinski definition) is 3. The lowest BCUT2D eigenvalue weighted by atomic mass is 10.1. The first-order valence-electron chi connectivity index (χ1n) is 9.66. The van der Waals surface area contributed by atoms with Crippen molar-refractivity contribution in [3.8, 4) is 0 Å². The SMILES string of the molecule is O=C(NCc1c(F)cccc1F)c1cn(Cc2c(F)cccc2F)c2ccc(=O)[nH]c2c1=O. The summed E-state index contributed by atoms with van der Waals surface area (Å²) in [6.07, 6.45) is 1.07. The van der Waals surface area contributed by atoms with Crippen LogP contribution < -0.4 is 16.3 Å². The van der Waals surface area contributed by atoms with Gasteiger partial charge in [0.15, 0.2) is 0 Å². The van der Waals surface area contributed by atoms with Crippen LogP contribution in [0.2, 0.25) is 0 Å². The molecule has 1 amide bonds. The zero-order valence-corrected chi connectivity index (χ0v) is 16.8. The minimum Gasteiger partial charge on any atom is -0.348 e. The Hall–Kier alpha value is -4.21. The molecule has 0 radical (unpaired) electrons. The fraction of sp³-hybridized carbons (Fsp3) is 0.0870. The van der Waals surface area contributed by atoms with E-state index in [1.807, 2.05) is 0 Å². The maximum Gasteiger partial charge on any atom is 0.257 e. The highest BCUT2D eigenvalue weighted by Gasteiger charge is 2.19. The summed E-state index contributed by atoms with van der Waals surface area (Å²) in [6, 6.07) is 8.90. The third-order valence-corrected chi connectivity index (χ3v) is 5.09. The smallest absolute Gasteiger partial charge is 0.257 e. The van der Waals surface area contributed by atoms with Crippen molar-refractivity contribution >= 4 is 16.9 Å². The average molecular weight is 457 g/mol. The molecule has 0 fully saturated rings. The fourth-order valence-electron chi connectivity index (χ4n) is 3.41. The number of nitrogens with one attached hydrogen (secondary N) is 2. The van der Waals surface area contributed by atoms with Crippen LogP contribution in [0.3, 0.4) is 0 Å². The molecule has 0 aliphatic heterocycles. The van der Waals surface area contributed by atoms with Crippen molar-refractivity contribution in [2.24, 2.45) is 0 Å². The van der Waals surface area contributed by atoms with Crippen LogP contribution in [0.1, 0.15) is 21.5 Å². The molecule has 2 aromatic heterocycles. The second-order valence-electron chi connectivity index (χ2n) is 7.17. The number of aromatic amines is 1. The zero-order valence-electron chi connectivity index (χ0n) is 16.8. The molecule has 0 atom stereocenters. The third-order valence-electron chi connectivity index (χ3n) is 5.09. The number of H-pyrrole nitrogens is 1. The molecule has 0 saturated heterocycles. The molecule has 0 aliphatic carbocycles. The normalized spacial score (nSPS) is 11.0. The van der Waals surface area contributed by atoms with Gasteiger partial charge in [-0.05, 0) is 30.3 Å². The van der Waals surface area contributed by atoms with E-state index < -0.39 is 64.4 Å².